The fraction of sp³-hybridized carbons (Fsp3) is 0.875. The van der Waals surface area contributed by atoms with Crippen molar-refractivity contribution in [1.82, 2.24) is 4.90 Å². The number of nitriles is 1. The molecular weight excluding hydrogens is 236 g/mol. The molecule has 108 valence electrons. The normalized spacial score (nSPS) is 21.4. The van der Waals surface area contributed by atoms with Crippen LogP contribution < -0.4 is 0 Å². The SMILES string of the molecule is CC(C)C1CCC(=O)N(CCCC(C)(C)C#N)CC1. The number of likely N-dealkylation sites (tertiary alicyclic amines) is 1. The average Bonchev–Trinajstić information content (AvgIpc) is 2.52. The predicted octanol–water partition coefficient (Wildman–Crippen LogP) is 3.60. The fourth-order valence-corrected chi connectivity index (χ4v) is 2.73. The Kier molecular flexibility index (Phi) is 5.85. The minimum Gasteiger partial charge on any atom is -0.343 e. The first-order valence-corrected chi connectivity index (χ1v) is 7.55. The molecule has 1 aliphatic rings. The Bertz CT molecular complexity index is 341. The molecule has 1 aliphatic heterocycles. The van der Waals surface area contributed by atoms with Crippen LogP contribution in [-0.2, 0) is 4.79 Å². The van der Waals surface area contributed by atoms with Crippen molar-refractivity contribution < 1.29 is 4.79 Å². The average molecular weight is 264 g/mol. The van der Waals surface area contributed by atoms with Gasteiger partial charge in [-0.25, -0.2) is 0 Å². The lowest BCUT2D eigenvalue weighted by atomic mass is 9.89. The monoisotopic (exact) mass is 264 g/mol. The topological polar surface area (TPSA) is 44.1 Å². The lowest BCUT2D eigenvalue weighted by molar-refractivity contribution is -0.130. The van der Waals surface area contributed by atoms with Crippen LogP contribution in [0.3, 0.4) is 0 Å². The van der Waals surface area contributed by atoms with E-state index in [1.165, 1.54) is 0 Å². The zero-order valence-electron chi connectivity index (χ0n) is 12.9. The highest BCUT2D eigenvalue weighted by atomic mass is 16.2. The lowest BCUT2D eigenvalue weighted by Crippen LogP contribution is -2.32. The molecule has 0 N–H and O–H groups in total. The van der Waals surface area contributed by atoms with Crippen molar-refractivity contribution in [2.24, 2.45) is 17.3 Å². The Labute approximate surface area is 118 Å². The fourth-order valence-electron chi connectivity index (χ4n) is 2.73. The number of carbonyl (C=O) groups is 1. The van der Waals surface area contributed by atoms with Gasteiger partial charge in [0.25, 0.3) is 0 Å². The summed E-state index contributed by atoms with van der Waals surface area (Å²) in [5, 5.41) is 8.99. The van der Waals surface area contributed by atoms with E-state index in [0.717, 1.165) is 38.8 Å². The predicted molar refractivity (Wildman–Crippen MR) is 77.4 cm³/mol. The minimum atomic E-state index is -0.268. The molecule has 0 saturated carbocycles. The van der Waals surface area contributed by atoms with Crippen LogP contribution in [0.2, 0.25) is 0 Å². The van der Waals surface area contributed by atoms with Crippen LogP contribution in [0.4, 0.5) is 0 Å². The van der Waals surface area contributed by atoms with E-state index in [2.05, 4.69) is 19.9 Å². The van der Waals surface area contributed by atoms with Crippen molar-refractivity contribution >= 4 is 5.91 Å². The van der Waals surface area contributed by atoms with Crippen LogP contribution in [0.15, 0.2) is 0 Å². The Morgan fingerprint density at radius 1 is 1.42 bits per heavy atom. The van der Waals surface area contributed by atoms with Gasteiger partial charge in [-0.2, -0.15) is 5.26 Å². The van der Waals surface area contributed by atoms with E-state index in [4.69, 9.17) is 5.26 Å². The molecule has 0 bridgehead atoms. The van der Waals surface area contributed by atoms with E-state index < -0.39 is 0 Å². The number of carbonyl (C=O) groups excluding carboxylic acids is 1. The van der Waals surface area contributed by atoms with E-state index in [9.17, 15) is 4.79 Å². The quantitative estimate of drug-likeness (QED) is 0.761. The minimum absolute atomic E-state index is 0.268. The van der Waals surface area contributed by atoms with Crippen molar-refractivity contribution in [3.05, 3.63) is 0 Å². The molecule has 3 nitrogen and oxygen atoms in total. The number of amides is 1. The Balaban J connectivity index is 2.42. The van der Waals surface area contributed by atoms with Crippen LogP contribution >= 0.6 is 0 Å². The third-order valence-corrected chi connectivity index (χ3v) is 4.33. The number of hydrogen-bond donors (Lipinski definition) is 0. The molecule has 1 unspecified atom stereocenters. The second kappa shape index (κ2) is 6.93. The Hall–Kier alpha value is -1.04. The van der Waals surface area contributed by atoms with Gasteiger partial charge >= 0.3 is 0 Å². The largest absolute Gasteiger partial charge is 0.343 e. The van der Waals surface area contributed by atoms with Gasteiger partial charge < -0.3 is 4.90 Å². The standard InChI is InChI=1S/C16H28N2O/c1-13(2)14-6-7-15(19)18(11-8-14)10-5-9-16(3,4)12-17/h13-14H,5-11H2,1-4H3. The Morgan fingerprint density at radius 3 is 2.68 bits per heavy atom. The summed E-state index contributed by atoms with van der Waals surface area (Å²) >= 11 is 0. The third kappa shape index (κ3) is 5.22. The van der Waals surface area contributed by atoms with Crippen LogP contribution in [0.1, 0.15) is 59.8 Å². The van der Waals surface area contributed by atoms with Crippen LogP contribution in [0, 0.1) is 28.6 Å². The molecule has 1 saturated heterocycles. The lowest BCUT2D eigenvalue weighted by Gasteiger charge is -2.23. The molecule has 0 spiro atoms. The summed E-state index contributed by atoms with van der Waals surface area (Å²) < 4.78 is 0. The highest BCUT2D eigenvalue weighted by Crippen LogP contribution is 2.26. The summed E-state index contributed by atoms with van der Waals surface area (Å²) in [4.78, 5) is 14.1. The van der Waals surface area contributed by atoms with E-state index in [-0.39, 0.29) is 5.41 Å². The molecule has 0 aromatic carbocycles. The second-order valence-corrected chi connectivity index (χ2v) is 6.81. The third-order valence-electron chi connectivity index (χ3n) is 4.33. The first-order valence-electron chi connectivity index (χ1n) is 7.55. The first-order chi connectivity index (χ1) is 8.85. The van der Waals surface area contributed by atoms with Crippen molar-refractivity contribution in [1.29, 1.82) is 5.26 Å². The van der Waals surface area contributed by atoms with Gasteiger partial charge in [0.05, 0.1) is 11.5 Å². The Morgan fingerprint density at radius 2 is 2.11 bits per heavy atom. The summed E-state index contributed by atoms with van der Waals surface area (Å²) in [6.07, 6.45) is 4.66. The smallest absolute Gasteiger partial charge is 0.222 e. The highest BCUT2D eigenvalue weighted by Gasteiger charge is 2.24. The van der Waals surface area contributed by atoms with Crippen molar-refractivity contribution in [3.63, 3.8) is 0 Å². The van der Waals surface area contributed by atoms with Crippen LogP contribution in [0.25, 0.3) is 0 Å². The molecule has 0 aromatic heterocycles. The van der Waals surface area contributed by atoms with Crippen molar-refractivity contribution in [3.8, 4) is 6.07 Å². The van der Waals surface area contributed by atoms with Gasteiger partial charge in [-0.3, -0.25) is 4.79 Å². The van der Waals surface area contributed by atoms with E-state index in [0.29, 0.717) is 24.2 Å². The maximum absolute atomic E-state index is 12.1. The number of nitrogens with zero attached hydrogens (tertiary/aromatic N) is 2. The molecule has 3 heteroatoms. The molecule has 0 aromatic rings. The molecular formula is C16H28N2O. The zero-order valence-corrected chi connectivity index (χ0v) is 12.9. The second-order valence-electron chi connectivity index (χ2n) is 6.81. The molecule has 19 heavy (non-hydrogen) atoms. The van der Waals surface area contributed by atoms with E-state index in [1.807, 2.05) is 18.7 Å². The molecule has 1 fully saturated rings. The number of rotatable bonds is 5. The zero-order chi connectivity index (χ0) is 14.5. The maximum Gasteiger partial charge on any atom is 0.222 e. The van der Waals surface area contributed by atoms with Crippen molar-refractivity contribution in [2.75, 3.05) is 13.1 Å². The van der Waals surface area contributed by atoms with Gasteiger partial charge in [-0.15, -0.1) is 0 Å². The summed E-state index contributed by atoms with van der Waals surface area (Å²) in [6.45, 7) is 10.1. The molecule has 1 amide bonds. The molecule has 0 aliphatic carbocycles. The summed E-state index contributed by atoms with van der Waals surface area (Å²) in [7, 11) is 0. The van der Waals surface area contributed by atoms with Crippen molar-refractivity contribution in [2.45, 2.75) is 59.8 Å². The molecule has 0 radical (unpaired) electrons. The van der Waals surface area contributed by atoms with Crippen LogP contribution in [0.5, 0.6) is 0 Å². The molecule has 1 rings (SSSR count). The highest BCUT2D eigenvalue weighted by molar-refractivity contribution is 5.76. The summed E-state index contributed by atoms with van der Waals surface area (Å²) in [6, 6.07) is 2.32. The summed E-state index contributed by atoms with van der Waals surface area (Å²) in [5.74, 6) is 1.66. The first kappa shape index (κ1) is 16.0. The van der Waals surface area contributed by atoms with Gasteiger partial charge in [0.15, 0.2) is 0 Å². The van der Waals surface area contributed by atoms with Gasteiger partial charge in [-0.05, 0) is 51.4 Å². The summed E-state index contributed by atoms with van der Waals surface area (Å²) in [5.41, 5.74) is -0.268. The maximum atomic E-state index is 12.1. The number of hydrogen-bond acceptors (Lipinski definition) is 2. The molecule has 1 atom stereocenters. The van der Waals surface area contributed by atoms with Gasteiger partial charge in [0.1, 0.15) is 0 Å². The van der Waals surface area contributed by atoms with Crippen LogP contribution in [-0.4, -0.2) is 23.9 Å². The molecule has 1 heterocycles. The van der Waals surface area contributed by atoms with E-state index >= 15 is 0 Å². The van der Waals surface area contributed by atoms with Gasteiger partial charge in [0.2, 0.25) is 5.91 Å². The van der Waals surface area contributed by atoms with E-state index in [1.54, 1.807) is 0 Å². The van der Waals surface area contributed by atoms with Gasteiger partial charge in [0, 0.05) is 19.5 Å². The van der Waals surface area contributed by atoms with Gasteiger partial charge in [-0.1, -0.05) is 13.8 Å².